The first-order valence-electron chi connectivity index (χ1n) is 6.05. The Balaban J connectivity index is 2.73. The van der Waals surface area contributed by atoms with Gasteiger partial charge in [0.1, 0.15) is 6.54 Å². The van der Waals surface area contributed by atoms with Gasteiger partial charge in [-0.3, -0.25) is 9.59 Å². The van der Waals surface area contributed by atoms with E-state index in [1.807, 2.05) is 20.8 Å². The molecular formula is C13H21N3O2. The SMILES string of the molecule is CC(C)C(C)(CN)NC(=O)Cn1ccccc1=O. The summed E-state index contributed by atoms with van der Waals surface area (Å²) in [7, 11) is 0. The molecule has 1 unspecified atom stereocenters. The van der Waals surface area contributed by atoms with Gasteiger partial charge < -0.3 is 15.6 Å². The van der Waals surface area contributed by atoms with Gasteiger partial charge in [-0.05, 0) is 18.9 Å². The molecule has 18 heavy (non-hydrogen) atoms. The van der Waals surface area contributed by atoms with Crippen LogP contribution in [0.4, 0.5) is 0 Å². The first kappa shape index (κ1) is 14.4. The fraction of sp³-hybridized carbons (Fsp3) is 0.538. The number of carbonyl (C=O) groups excluding carboxylic acids is 1. The van der Waals surface area contributed by atoms with E-state index in [1.165, 1.54) is 10.6 Å². The lowest BCUT2D eigenvalue weighted by Gasteiger charge is -2.33. The molecule has 5 heteroatoms. The first-order chi connectivity index (χ1) is 8.39. The van der Waals surface area contributed by atoms with Crippen LogP contribution in [-0.4, -0.2) is 22.6 Å². The summed E-state index contributed by atoms with van der Waals surface area (Å²) in [5.41, 5.74) is 5.06. The number of nitrogens with two attached hydrogens (primary N) is 1. The summed E-state index contributed by atoms with van der Waals surface area (Å²) in [6.45, 7) is 6.29. The molecule has 1 heterocycles. The molecule has 1 rings (SSSR count). The summed E-state index contributed by atoms with van der Waals surface area (Å²) >= 11 is 0. The van der Waals surface area contributed by atoms with Crippen LogP contribution >= 0.6 is 0 Å². The van der Waals surface area contributed by atoms with Crippen molar-refractivity contribution in [3.63, 3.8) is 0 Å². The summed E-state index contributed by atoms with van der Waals surface area (Å²) in [5, 5.41) is 2.89. The Hall–Kier alpha value is -1.62. The molecule has 0 aliphatic carbocycles. The monoisotopic (exact) mass is 251 g/mol. The molecule has 1 amide bonds. The molecule has 1 aromatic heterocycles. The van der Waals surface area contributed by atoms with Gasteiger partial charge >= 0.3 is 0 Å². The average molecular weight is 251 g/mol. The maximum absolute atomic E-state index is 11.9. The molecule has 0 spiro atoms. The van der Waals surface area contributed by atoms with Crippen molar-refractivity contribution in [2.75, 3.05) is 6.54 Å². The second-order valence-electron chi connectivity index (χ2n) is 4.99. The van der Waals surface area contributed by atoms with Crippen LogP contribution in [0, 0.1) is 5.92 Å². The zero-order valence-corrected chi connectivity index (χ0v) is 11.1. The fourth-order valence-electron chi connectivity index (χ4n) is 1.54. The normalized spacial score (nSPS) is 14.3. The number of rotatable bonds is 5. The van der Waals surface area contributed by atoms with E-state index >= 15 is 0 Å². The Labute approximate surface area is 107 Å². The van der Waals surface area contributed by atoms with Crippen LogP contribution in [0.15, 0.2) is 29.2 Å². The smallest absolute Gasteiger partial charge is 0.250 e. The van der Waals surface area contributed by atoms with Gasteiger partial charge in [0.15, 0.2) is 0 Å². The molecule has 0 aliphatic heterocycles. The molecule has 100 valence electrons. The van der Waals surface area contributed by atoms with Gasteiger partial charge in [-0.15, -0.1) is 0 Å². The molecule has 0 radical (unpaired) electrons. The number of amides is 1. The minimum absolute atomic E-state index is 0.0159. The summed E-state index contributed by atoms with van der Waals surface area (Å²) in [4.78, 5) is 23.4. The largest absolute Gasteiger partial charge is 0.348 e. The van der Waals surface area contributed by atoms with Gasteiger partial charge in [-0.2, -0.15) is 0 Å². The van der Waals surface area contributed by atoms with E-state index in [4.69, 9.17) is 5.73 Å². The number of pyridine rings is 1. The number of nitrogens with zero attached hydrogens (tertiary/aromatic N) is 1. The molecule has 0 aliphatic rings. The third-order valence-corrected chi connectivity index (χ3v) is 3.34. The van der Waals surface area contributed by atoms with Gasteiger partial charge in [0.05, 0.1) is 5.54 Å². The molecule has 0 saturated heterocycles. The van der Waals surface area contributed by atoms with E-state index < -0.39 is 5.54 Å². The van der Waals surface area contributed by atoms with Crippen molar-refractivity contribution >= 4 is 5.91 Å². The highest BCUT2D eigenvalue weighted by Gasteiger charge is 2.28. The minimum atomic E-state index is -0.449. The summed E-state index contributed by atoms with van der Waals surface area (Å²) in [5.74, 6) is 0.0175. The number of hydrogen-bond donors (Lipinski definition) is 2. The quantitative estimate of drug-likeness (QED) is 0.792. The Bertz CT molecular complexity index is 467. The first-order valence-corrected chi connectivity index (χ1v) is 6.05. The summed E-state index contributed by atoms with van der Waals surface area (Å²) in [6.07, 6.45) is 1.59. The number of hydrogen-bond acceptors (Lipinski definition) is 3. The molecule has 0 saturated carbocycles. The topological polar surface area (TPSA) is 77.1 Å². The zero-order chi connectivity index (χ0) is 13.8. The standard InChI is InChI=1S/C13H21N3O2/c1-10(2)13(3,9-14)15-11(17)8-16-7-5-4-6-12(16)18/h4-7,10H,8-9,14H2,1-3H3,(H,15,17). The molecular weight excluding hydrogens is 230 g/mol. The van der Waals surface area contributed by atoms with Crippen LogP contribution in [-0.2, 0) is 11.3 Å². The highest BCUT2D eigenvalue weighted by atomic mass is 16.2. The van der Waals surface area contributed by atoms with E-state index in [1.54, 1.807) is 18.3 Å². The second-order valence-corrected chi connectivity index (χ2v) is 4.99. The lowest BCUT2D eigenvalue weighted by Crippen LogP contribution is -2.55. The maximum atomic E-state index is 11.9. The van der Waals surface area contributed by atoms with Crippen molar-refractivity contribution in [1.29, 1.82) is 0 Å². The molecule has 5 nitrogen and oxygen atoms in total. The van der Waals surface area contributed by atoms with Crippen LogP contribution < -0.4 is 16.6 Å². The zero-order valence-electron chi connectivity index (χ0n) is 11.1. The Kier molecular flexibility index (Phi) is 4.67. The van der Waals surface area contributed by atoms with Gasteiger partial charge in [0.25, 0.3) is 5.56 Å². The van der Waals surface area contributed by atoms with Crippen LogP contribution in [0.25, 0.3) is 0 Å². The predicted octanol–water partition coefficient (Wildman–Crippen LogP) is 0.338. The number of carbonyl (C=O) groups is 1. The van der Waals surface area contributed by atoms with E-state index in [2.05, 4.69) is 5.32 Å². The third-order valence-electron chi connectivity index (χ3n) is 3.34. The summed E-state index contributed by atoms with van der Waals surface area (Å²) < 4.78 is 1.37. The molecule has 0 aromatic carbocycles. The average Bonchev–Trinajstić information content (AvgIpc) is 2.31. The number of nitrogens with one attached hydrogen (secondary N) is 1. The van der Waals surface area contributed by atoms with Crippen molar-refractivity contribution in [1.82, 2.24) is 9.88 Å². The van der Waals surface area contributed by atoms with Crippen LogP contribution in [0.1, 0.15) is 20.8 Å². The molecule has 1 atom stereocenters. The van der Waals surface area contributed by atoms with E-state index in [9.17, 15) is 9.59 Å². The highest BCUT2D eigenvalue weighted by molar-refractivity contribution is 5.76. The lowest BCUT2D eigenvalue weighted by molar-refractivity contribution is -0.123. The molecule has 3 N–H and O–H groups in total. The molecule has 0 bridgehead atoms. The third kappa shape index (κ3) is 3.43. The van der Waals surface area contributed by atoms with Gasteiger partial charge in [0, 0.05) is 18.8 Å². The van der Waals surface area contributed by atoms with E-state index in [0.29, 0.717) is 6.54 Å². The second kappa shape index (κ2) is 5.82. The lowest BCUT2D eigenvalue weighted by atomic mass is 9.88. The Morgan fingerprint density at radius 2 is 2.17 bits per heavy atom. The van der Waals surface area contributed by atoms with Gasteiger partial charge in [0.2, 0.25) is 5.91 Å². The minimum Gasteiger partial charge on any atom is -0.348 e. The van der Waals surface area contributed by atoms with Crippen molar-refractivity contribution in [3.05, 3.63) is 34.7 Å². The molecule has 1 aromatic rings. The van der Waals surface area contributed by atoms with Gasteiger partial charge in [-0.1, -0.05) is 19.9 Å². The Morgan fingerprint density at radius 3 is 2.67 bits per heavy atom. The summed E-state index contributed by atoms with van der Waals surface area (Å²) in [6, 6.07) is 4.80. The van der Waals surface area contributed by atoms with E-state index in [-0.39, 0.29) is 23.9 Å². The van der Waals surface area contributed by atoms with Crippen molar-refractivity contribution < 1.29 is 4.79 Å². The highest BCUT2D eigenvalue weighted by Crippen LogP contribution is 2.14. The van der Waals surface area contributed by atoms with E-state index in [0.717, 1.165) is 0 Å². The van der Waals surface area contributed by atoms with Crippen molar-refractivity contribution in [2.45, 2.75) is 32.9 Å². The fourth-order valence-corrected chi connectivity index (χ4v) is 1.54. The maximum Gasteiger partial charge on any atom is 0.250 e. The molecule has 0 fully saturated rings. The van der Waals surface area contributed by atoms with Crippen LogP contribution in [0.3, 0.4) is 0 Å². The van der Waals surface area contributed by atoms with Crippen molar-refractivity contribution in [2.24, 2.45) is 11.7 Å². The van der Waals surface area contributed by atoms with Crippen molar-refractivity contribution in [3.8, 4) is 0 Å². The van der Waals surface area contributed by atoms with Crippen LogP contribution in [0.5, 0.6) is 0 Å². The van der Waals surface area contributed by atoms with Crippen LogP contribution in [0.2, 0.25) is 0 Å². The number of aromatic nitrogens is 1. The van der Waals surface area contributed by atoms with Gasteiger partial charge in [-0.25, -0.2) is 0 Å². The Morgan fingerprint density at radius 1 is 1.50 bits per heavy atom. The predicted molar refractivity (Wildman–Crippen MR) is 71.1 cm³/mol.